The third-order valence-electron chi connectivity index (χ3n) is 8.15. The van der Waals surface area contributed by atoms with Gasteiger partial charge in [0.2, 0.25) is 0 Å². The van der Waals surface area contributed by atoms with Crippen LogP contribution in [0.15, 0.2) is 154 Å². The van der Waals surface area contributed by atoms with E-state index in [1.807, 2.05) is 36.4 Å². The lowest BCUT2D eigenvalue weighted by atomic mass is 10.0. The van der Waals surface area contributed by atoms with Gasteiger partial charge in [-0.3, -0.25) is 4.99 Å². The van der Waals surface area contributed by atoms with Gasteiger partial charge in [-0.2, -0.15) is 0 Å². The Bertz CT molecular complexity index is 2340. The van der Waals surface area contributed by atoms with Crippen molar-refractivity contribution in [3.8, 4) is 16.8 Å². The molecule has 0 aliphatic rings. The van der Waals surface area contributed by atoms with E-state index in [-0.39, 0.29) is 0 Å². The lowest BCUT2D eigenvalue weighted by Gasteiger charge is -2.10. The normalized spacial score (nSPS) is 12.0. The van der Waals surface area contributed by atoms with Crippen LogP contribution in [0.2, 0.25) is 0 Å². The van der Waals surface area contributed by atoms with Crippen molar-refractivity contribution in [3.63, 3.8) is 0 Å². The Morgan fingerprint density at radius 3 is 2.19 bits per heavy atom. The maximum Gasteiger partial charge on any atom is 0.154 e. The van der Waals surface area contributed by atoms with Crippen LogP contribution in [-0.4, -0.2) is 17.1 Å². The van der Waals surface area contributed by atoms with Crippen molar-refractivity contribution in [2.75, 3.05) is 0 Å². The highest BCUT2D eigenvalue weighted by molar-refractivity contribution is 6.11. The molecule has 0 amide bonds. The molecule has 4 nitrogen and oxygen atoms in total. The standard InChI is InChI=1S/C39H27N3O/c1-40-39(41-25-26-10-3-2-4-11-26)29-12-9-13-30(22-29)42-35-16-7-5-14-31(35)34-23-27(19-21-36(34)42)28-18-20-33-32-15-6-8-17-37(32)43-38(33)24-28/h2-24H,1,25H2. The maximum absolute atomic E-state index is 6.19. The number of para-hydroxylation sites is 2. The molecule has 0 aliphatic carbocycles. The van der Waals surface area contributed by atoms with Gasteiger partial charge in [0, 0.05) is 32.8 Å². The largest absolute Gasteiger partial charge is 0.456 e. The molecule has 0 atom stereocenters. The molecule has 4 heteroatoms. The number of furan rings is 1. The molecule has 0 bridgehead atoms. The second kappa shape index (κ2) is 10.3. The molecule has 0 fully saturated rings. The van der Waals surface area contributed by atoms with Gasteiger partial charge in [0.25, 0.3) is 0 Å². The lowest BCUT2D eigenvalue weighted by Crippen LogP contribution is -2.01. The predicted molar refractivity (Wildman–Crippen MR) is 180 cm³/mol. The van der Waals surface area contributed by atoms with Gasteiger partial charge >= 0.3 is 0 Å². The molecule has 6 aromatic carbocycles. The van der Waals surface area contributed by atoms with Crippen LogP contribution in [-0.2, 0) is 6.54 Å². The summed E-state index contributed by atoms with van der Waals surface area (Å²) < 4.78 is 8.51. The zero-order valence-electron chi connectivity index (χ0n) is 23.4. The zero-order valence-corrected chi connectivity index (χ0v) is 23.4. The number of aromatic nitrogens is 1. The summed E-state index contributed by atoms with van der Waals surface area (Å²) in [6.45, 7) is 4.37. The van der Waals surface area contributed by atoms with Crippen molar-refractivity contribution in [2.45, 2.75) is 6.54 Å². The third-order valence-corrected chi connectivity index (χ3v) is 8.15. The van der Waals surface area contributed by atoms with Crippen LogP contribution in [0.3, 0.4) is 0 Å². The van der Waals surface area contributed by atoms with Crippen LogP contribution in [0.25, 0.3) is 60.6 Å². The summed E-state index contributed by atoms with van der Waals surface area (Å²) in [5.74, 6) is 0.634. The Balaban J connectivity index is 1.23. The molecule has 204 valence electrons. The highest BCUT2D eigenvalue weighted by Crippen LogP contribution is 2.37. The van der Waals surface area contributed by atoms with Gasteiger partial charge in [-0.25, -0.2) is 4.99 Å². The second-order valence-electron chi connectivity index (χ2n) is 10.7. The van der Waals surface area contributed by atoms with Crippen molar-refractivity contribution < 1.29 is 4.42 Å². The Morgan fingerprint density at radius 1 is 0.581 bits per heavy atom. The topological polar surface area (TPSA) is 42.8 Å². The molecule has 0 saturated heterocycles. The van der Waals surface area contributed by atoms with Gasteiger partial charge in [-0.15, -0.1) is 0 Å². The lowest BCUT2D eigenvalue weighted by molar-refractivity contribution is 0.669. The minimum Gasteiger partial charge on any atom is -0.456 e. The fourth-order valence-electron chi connectivity index (χ4n) is 6.10. The Kier molecular flexibility index (Phi) is 5.97. The van der Waals surface area contributed by atoms with Crippen molar-refractivity contribution in [3.05, 3.63) is 151 Å². The van der Waals surface area contributed by atoms with Gasteiger partial charge < -0.3 is 8.98 Å². The first-order chi connectivity index (χ1) is 21.3. The SMILES string of the molecule is C=NC(=NCc1ccccc1)c1cccc(-n2c3ccccc3c3cc(-c4ccc5c(c4)oc4ccccc45)ccc32)c1. The highest BCUT2D eigenvalue weighted by Gasteiger charge is 2.15. The summed E-state index contributed by atoms with van der Waals surface area (Å²) >= 11 is 0. The van der Waals surface area contributed by atoms with E-state index < -0.39 is 0 Å². The van der Waals surface area contributed by atoms with Crippen LogP contribution in [0.4, 0.5) is 0 Å². The summed E-state index contributed by atoms with van der Waals surface area (Å²) in [4.78, 5) is 9.06. The monoisotopic (exact) mass is 553 g/mol. The maximum atomic E-state index is 6.19. The molecular formula is C39H27N3O. The van der Waals surface area contributed by atoms with E-state index in [0.29, 0.717) is 12.4 Å². The molecule has 8 aromatic rings. The molecule has 8 rings (SSSR count). The molecule has 0 spiro atoms. The Morgan fingerprint density at radius 2 is 1.30 bits per heavy atom. The van der Waals surface area contributed by atoms with Gasteiger partial charge in [-0.1, -0.05) is 91.0 Å². The number of hydrogen-bond acceptors (Lipinski definition) is 2. The molecule has 43 heavy (non-hydrogen) atoms. The molecule has 0 unspecified atom stereocenters. The third kappa shape index (κ3) is 4.32. The summed E-state index contributed by atoms with van der Waals surface area (Å²) in [6, 6.07) is 48.6. The van der Waals surface area contributed by atoms with Gasteiger partial charge in [-0.05, 0) is 71.9 Å². The number of amidine groups is 1. The van der Waals surface area contributed by atoms with Crippen LogP contribution in [0.5, 0.6) is 0 Å². The van der Waals surface area contributed by atoms with E-state index in [4.69, 9.17) is 9.41 Å². The van der Waals surface area contributed by atoms with Gasteiger partial charge in [0.15, 0.2) is 5.84 Å². The molecule has 0 N–H and O–H groups in total. The van der Waals surface area contributed by atoms with Crippen molar-refractivity contribution >= 4 is 56.3 Å². The number of rotatable bonds is 5. The van der Waals surface area contributed by atoms with Gasteiger partial charge in [0.1, 0.15) is 11.2 Å². The fraction of sp³-hybridized carbons (Fsp3) is 0.0256. The molecule has 2 heterocycles. The van der Waals surface area contributed by atoms with Crippen LogP contribution in [0.1, 0.15) is 11.1 Å². The molecular weight excluding hydrogens is 526 g/mol. The van der Waals surface area contributed by atoms with Crippen molar-refractivity contribution in [2.24, 2.45) is 9.98 Å². The summed E-state index contributed by atoms with van der Waals surface area (Å²) in [5.41, 5.74) is 9.50. The van der Waals surface area contributed by atoms with Crippen LogP contribution in [0, 0.1) is 0 Å². The summed E-state index contributed by atoms with van der Waals surface area (Å²) in [7, 11) is 0. The minimum atomic E-state index is 0.553. The summed E-state index contributed by atoms with van der Waals surface area (Å²) in [6.07, 6.45) is 0. The fourth-order valence-corrected chi connectivity index (χ4v) is 6.10. The molecule has 2 aromatic heterocycles. The number of benzene rings is 6. The number of hydrogen-bond donors (Lipinski definition) is 0. The van der Waals surface area contributed by atoms with E-state index in [2.05, 4.69) is 119 Å². The highest BCUT2D eigenvalue weighted by atomic mass is 16.3. The van der Waals surface area contributed by atoms with Crippen LogP contribution < -0.4 is 0 Å². The molecule has 0 saturated carbocycles. The van der Waals surface area contributed by atoms with Crippen molar-refractivity contribution in [1.82, 2.24) is 4.57 Å². The Labute approximate surface area is 248 Å². The number of aliphatic imine (C=N–C) groups is 2. The first-order valence-corrected chi connectivity index (χ1v) is 14.4. The second-order valence-corrected chi connectivity index (χ2v) is 10.7. The average Bonchev–Trinajstić information content (AvgIpc) is 3.60. The molecule has 0 aliphatic heterocycles. The zero-order chi connectivity index (χ0) is 28.8. The quantitative estimate of drug-likeness (QED) is 0.154. The van der Waals surface area contributed by atoms with E-state index >= 15 is 0 Å². The van der Waals surface area contributed by atoms with E-state index in [1.54, 1.807) is 0 Å². The van der Waals surface area contributed by atoms with Gasteiger partial charge in [0.05, 0.1) is 17.6 Å². The number of fused-ring (bicyclic) bond motifs is 6. The van der Waals surface area contributed by atoms with E-state index in [0.717, 1.165) is 60.9 Å². The average molecular weight is 554 g/mol. The Hall–Kier alpha value is -5.74. The smallest absolute Gasteiger partial charge is 0.154 e. The first kappa shape index (κ1) is 25.0. The predicted octanol–water partition coefficient (Wildman–Crippen LogP) is 10.00. The molecule has 0 radical (unpaired) electrons. The van der Waals surface area contributed by atoms with Crippen LogP contribution >= 0.6 is 0 Å². The number of nitrogens with zero attached hydrogens (tertiary/aromatic N) is 3. The van der Waals surface area contributed by atoms with E-state index in [9.17, 15) is 0 Å². The first-order valence-electron chi connectivity index (χ1n) is 14.4. The minimum absolute atomic E-state index is 0.553. The van der Waals surface area contributed by atoms with E-state index in [1.165, 1.54) is 10.8 Å². The summed E-state index contributed by atoms with van der Waals surface area (Å²) in [5, 5.41) is 4.68. The van der Waals surface area contributed by atoms with Crippen molar-refractivity contribution in [1.29, 1.82) is 0 Å².